The summed E-state index contributed by atoms with van der Waals surface area (Å²) in [4.78, 5) is 23.0. The second-order valence-corrected chi connectivity index (χ2v) is 4.30. The first-order valence-electron chi connectivity index (χ1n) is 5.96. The maximum Gasteiger partial charge on any atom is 0.276 e. The van der Waals surface area contributed by atoms with E-state index in [1.54, 1.807) is 12.1 Å². The molecule has 1 amide bonds. The van der Waals surface area contributed by atoms with Gasteiger partial charge in [-0.25, -0.2) is 0 Å². The Bertz CT molecular complexity index is 564. The zero-order valence-electron chi connectivity index (χ0n) is 10.6. The average molecular weight is 254 g/mol. The number of carbonyl (C=O) groups is 1. The molecule has 0 aliphatic heterocycles. The van der Waals surface area contributed by atoms with Crippen LogP contribution < -0.4 is 0 Å². The van der Waals surface area contributed by atoms with Crippen molar-refractivity contribution in [1.29, 1.82) is 0 Å². The number of hydrogen-bond donors (Lipinski definition) is 0. The van der Waals surface area contributed by atoms with Crippen LogP contribution in [0.3, 0.4) is 0 Å². The Hall–Kier alpha value is -2.49. The minimum atomic E-state index is -0.390. The molecular formula is C15H14N2O2. The monoisotopic (exact) mass is 254 g/mol. The summed E-state index contributed by atoms with van der Waals surface area (Å²) < 4.78 is 0. The van der Waals surface area contributed by atoms with Gasteiger partial charge < -0.3 is 0 Å². The lowest BCUT2D eigenvalue weighted by molar-refractivity contribution is 0.0745. The third-order valence-corrected chi connectivity index (χ3v) is 2.81. The maximum absolute atomic E-state index is 12.1. The van der Waals surface area contributed by atoms with Crippen molar-refractivity contribution in [3.05, 3.63) is 76.2 Å². The highest BCUT2D eigenvalue weighted by Crippen LogP contribution is 2.11. The van der Waals surface area contributed by atoms with Crippen LogP contribution in [0.4, 0.5) is 0 Å². The topological polar surface area (TPSA) is 49.7 Å². The SMILES string of the molecule is Cc1ccc(C(=O)N(Cc2ccccc2)N=O)cc1. The predicted octanol–water partition coefficient (Wildman–Crippen LogP) is 3.32. The first-order chi connectivity index (χ1) is 9.20. The normalized spacial score (nSPS) is 9.95. The van der Waals surface area contributed by atoms with Gasteiger partial charge in [0, 0.05) is 5.56 Å². The summed E-state index contributed by atoms with van der Waals surface area (Å²) in [5.74, 6) is -0.390. The van der Waals surface area contributed by atoms with Crippen LogP contribution in [0.2, 0.25) is 0 Å². The largest absolute Gasteiger partial charge is 0.276 e. The highest BCUT2D eigenvalue weighted by atomic mass is 16.3. The summed E-state index contributed by atoms with van der Waals surface area (Å²) in [7, 11) is 0. The highest BCUT2D eigenvalue weighted by molar-refractivity contribution is 5.93. The van der Waals surface area contributed by atoms with Crippen molar-refractivity contribution in [2.75, 3.05) is 0 Å². The molecule has 0 saturated carbocycles. The van der Waals surface area contributed by atoms with Crippen LogP contribution in [0.15, 0.2) is 59.9 Å². The summed E-state index contributed by atoms with van der Waals surface area (Å²) in [6.45, 7) is 2.12. The predicted molar refractivity (Wildman–Crippen MR) is 73.3 cm³/mol. The number of aryl methyl sites for hydroxylation is 1. The molecule has 0 heterocycles. The van der Waals surface area contributed by atoms with E-state index in [-0.39, 0.29) is 12.5 Å². The van der Waals surface area contributed by atoms with E-state index < -0.39 is 0 Å². The first kappa shape index (κ1) is 13.0. The second kappa shape index (κ2) is 5.91. The second-order valence-electron chi connectivity index (χ2n) is 4.30. The lowest BCUT2D eigenvalue weighted by Gasteiger charge is -2.13. The molecule has 0 N–H and O–H groups in total. The van der Waals surface area contributed by atoms with E-state index in [0.29, 0.717) is 5.56 Å². The van der Waals surface area contributed by atoms with Crippen LogP contribution in [0.1, 0.15) is 21.5 Å². The molecule has 4 heteroatoms. The van der Waals surface area contributed by atoms with Gasteiger partial charge in [0.2, 0.25) is 0 Å². The van der Waals surface area contributed by atoms with Gasteiger partial charge in [0.15, 0.2) is 0 Å². The summed E-state index contributed by atoms with van der Waals surface area (Å²) >= 11 is 0. The molecule has 4 nitrogen and oxygen atoms in total. The number of carbonyl (C=O) groups excluding carboxylic acids is 1. The van der Waals surface area contributed by atoms with Gasteiger partial charge in [0.05, 0.1) is 11.8 Å². The lowest BCUT2D eigenvalue weighted by atomic mass is 10.1. The van der Waals surface area contributed by atoms with Gasteiger partial charge in [-0.15, -0.1) is 4.91 Å². The van der Waals surface area contributed by atoms with Crippen molar-refractivity contribution in [3.63, 3.8) is 0 Å². The number of hydrogen-bond acceptors (Lipinski definition) is 3. The summed E-state index contributed by atoms with van der Waals surface area (Å²) in [5, 5.41) is 3.75. The molecule has 0 saturated heterocycles. The van der Waals surface area contributed by atoms with Crippen LogP contribution in [-0.2, 0) is 6.54 Å². The van der Waals surface area contributed by atoms with Gasteiger partial charge in [0.25, 0.3) is 5.91 Å². The molecule has 0 fully saturated rings. The number of nitroso groups, excluding NO2 is 1. The molecule has 0 aliphatic rings. The molecular weight excluding hydrogens is 240 g/mol. The number of benzene rings is 2. The highest BCUT2D eigenvalue weighted by Gasteiger charge is 2.16. The fourth-order valence-electron chi connectivity index (χ4n) is 1.74. The summed E-state index contributed by atoms with van der Waals surface area (Å²) in [6.07, 6.45) is 0. The van der Waals surface area contributed by atoms with Crippen molar-refractivity contribution in [1.82, 2.24) is 5.01 Å². The molecule has 0 bridgehead atoms. The molecule has 0 aromatic heterocycles. The minimum absolute atomic E-state index is 0.178. The van der Waals surface area contributed by atoms with E-state index in [1.807, 2.05) is 49.4 Å². The Labute approximate surface area is 111 Å². The van der Waals surface area contributed by atoms with Crippen LogP contribution in [0.5, 0.6) is 0 Å². The van der Waals surface area contributed by atoms with Crippen molar-refractivity contribution in [2.24, 2.45) is 5.29 Å². The Balaban J connectivity index is 2.15. The number of nitrogens with zero attached hydrogens (tertiary/aromatic N) is 2. The van der Waals surface area contributed by atoms with Crippen molar-refractivity contribution < 1.29 is 4.79 Å². The van der Waals surface area contributed by atoms with Gasteiger partial charge in [-0.1, -0.05) is 48.0 Å². The Kier molecular flexibility index (Phi) is 4.03. The first-order valence-corrected chi connectivity index (χ1v) is 5.96. The quantitative estimate of drug-likeness (QED) is 0.620. The number of rotatable bonds is 4. The molecule has 96 valence electrons. The molecule has 2 aromatic carbocycles. The molecule has 2 rings (SSSR count). The Morgan fingerprint density at radius 2 is 1.68 bits per heavy atom. The van der Waals surface area contributed by atoms with Crippen LogP contribution >= 0.6 is 0 Å². The Morgan fingerprint density at radius 1 is 1.05 bits per heavy atom. The molecule has 0 aliphatic carbocycles. The molecule has 2 aromatic rings. The molecule has 0 radical (unpaired) electrons. The van der Waals surface area contributed by atoms with Crippen LogP contribution in [0, 0.1) is 11.8 Å². The third-order valence-electron chi connectivity index (χ3n) is 2.81. The third kappa shape index (κ3) is 3.25. The van der Waals surface area contributed by atoms with E-state index in [0.717, 1.165) is 16.1 Å². The molecule has 0 spiro atoms. The standard InChI is InChI=1S/C15H14N2O2/c1-12-7-9-14(10-8-12)15(18)17(16-19)11-13-5-3-2-4-6-13/h2-10H,11H2,1H3. The van der Waals surface area contributed by atoms with Gasteiger partial charge in [0.1, 0.15) is 0 Å². The number of amides is 1. The smallest absolute Gasteiger partial charge is 0.267 e. The van der Waals surface area contributed by atoms with E-state index >= 15 is 0 Å². The fraction of sp³-hybridized carbons (Fsp3) is 0.133. The van der Waals surface area contributed by atoms with Gasteiger partial charge in [-0.2, -0.15) is 5.01 Å². The molecule has 0 unspecified atom stereocenters. The van der Waals surface area contributed by atoms with Gasteiger partial charge in [-0.3, -0.25) is 4.79 Å². The average Bonchev–Trinajstić information content (AvgIpc) is 2.46. The van der Waals surface area contributed by atoms with Crippen molar-refractivity contribution in [2.45, 2.75) is 13.5 Å². The van der Waals surface area contributed by atoms with Crippen molar-refractivity contribution >= 4 is 5.91 Å². The van der Waals surface area contributed by atoms with E-state index in [4.69, 9.17) is 0 Å². The van der Waals surface area contributed by atoms with Crippen LogP contribution in [-0.4, -0.2) is 10.9 Å². The van der Waals surface area contributed by atoms with Crippen molar-refractivity contribution in [3.8, 4) is 0 Å². The molecule has 19 heavy (non-hydrogen) atoms. The van der Waals surface area contributed by atoms with Gasteiger partial charge in [-0.05, 0) is 24.6 Å². The van der Waals surface area contributed by atoms with E-state index in [2.05, 4.69) is 5.29 Å². The van der Waals surface area contributed by atoms with E-state index in [1.165, 1.54) is 0 Å². The fourth-order valence-corrected chi connectivity index (χ4v) is 1.74. The Morgan fingerprint density at radius 3 is 2.26 bits per heavy atom. The zero-order chi connectivity index (χ0) is 13.7. The van der Waals surface area contributed by atoms with E-state index in [9.17, 15) is 9.70 Å². The van der Waals surface area contributed by atoms with Crippen LogP contribution in [0.25, 0.3) is 0 Å². The maximum atomic E-state index is 12.1. The zero-order valence-corrected chi connectivity index (χ0v) is 10.6. The molecule has 0 atom stereocenters. The summed E-state index contributed by atoms with van der Waals surface area (Å²) in [6, 6.07) is 16.3. The minimum Gasteiger partial charge on any atom is -0.267 e. The lowest BCUT2D eigenvalue weighted by Crippen LogP contribution is -2.24. The summed E-state index contributed by atoms with van der Waals surface area (Å²) in [5.41, 5.74) is 2.38. The van der Waals surface area contributed by atoms with Gasteiger partial charge >= 0.3 is 0 Å².